The molecule has 0 amide bonds. The van der Waals surface area contributed by atoms with Crippen molar-refractivity contribution in [2.45, 2.75) is 39.2 Å². The smallest absolute Gasteiger partial charge is 0.149 e. The zero-order valence-electron chi connectivity index (χ0n) is 12.7. The van der Waals surface area contributed by atoms with E-state index < -0.39 is 0 Å². The van der Waals surface area contributed by atoms with Gasteiger partial charge in [0.05, 0.1) is 16.1 Å². The molecule has 0 spiro atoms. The Morgan fingerprint density at radius 1 is 1.29 bits per heavy atom. The van der Waals surface area contributed by atoms with Crippen molar-refractivity contribution in [3.05, 3.63) is 16.1 Å². The summed E-state index contributed by atoms with van der Waals surface area (Å²) in [5.74, 6) is 1.53. The highest BCUT2D eigenvalue weighted by Crippen LogP contribution is 2.33. The van der Waals surface area contributed by atoms with Crippen molar-refractivity contribution in [3.63, 3.8) is 0 Å². The number of piperidine rings is 1. The predicted molar refractivity (Wildman–Crippen MR) is 89.9 cm³/mol. The van der Waals surface area contributed by atoms with Crippen molar-refractivity contribution in [2.24, 2.45) is 0 Å². The van der Waals surface area contributed by atoms with E-state index in [4.69, 9.17) is 27.9 Å². The Bertz CT molecular complexity index is 462. The minimum Gasteiger partial charge on any atom is -0.378 e. The van der Waals surface area contributed by atoms with E-state index in [1.807, 2.05) is 6.92 Å². The Labute approximate surface area is 136 Å². The lowest BCUT2D eigenvalue weighted by atomic mass is 10.1. The van der Waals surface area contributed by atoms with Gasteiger partial charge in [-0.2, -0.15) is 0 Å². The lowest BCUT2D eigenvalue weighted by Gasteiger charge is -2.33. The Kier molecular flexibility index (Phi) is 6.40. The average Bonchev–Trinajstić information content (AvgIpc) is 2.48. The minimum atomic E-state index is 0.356. The summed E-state index contributed by atoms with van der Waals surface area (Å²) in [6, 6.07) is 1.78. The van der Waals surface area contributed by atoms with Crippen molar-refractivity contribution < 1.29 is 4.74 Å². The van der Waals surface area contributed by atoms with Crippen molar-refractivity contribution >= 4 is 34.8 Å². The Morgan fingerprint density at radius 3 is 2.62 bits per heavy atom. The minimum absolute atomic E-state index is 0.356. The lowest BCUT2D eigenvalue weighted by molar-refractivity contribution is 0.0458. The third-order valence-electron chi connectivity index (χ3n) is 3.60. The SMILES string of the molecule is CCCNc1nc(N2CCC(OCC)CC2)c(Cl)cc1Cl. The van der Waals surface area contributed by atoms with E-state index in [1.165, 1.54) is 0 Å². The maximum Gasteiger partial charge on any atom is 0.149 e. The number of aromatic nitrogens is 1. The summed E-state index contributed by atoms with van der Waals surface area (Å²) < 4.78 is 5.68. The molecular formula is C15H23Cl2N3O. The summed E-state index contributed by atoms with van der Waals surface area (Å²) in [6.45, 7) is 7.58. The molecule has 2 rings (SSSR count). The number of hydrogen-bond donors (Lipinski definition) is 1. The van der Waals surface area contributed by atoms with Gasteiger partial charge in [0.2, 0.25) is 0 Å². The fourth-order valence-electron chi connectivity index (χ4n) is 2.52. The molecule has 0 saturated carbocycles. The second kappa shape index (κ2) is 8.06. The highest BCUT2D eigenvalue weighted by Gasteiger charge is 2.22. The molecule has 1 N–H and O–H groups in total. The Hall–Kier alpha value is -0.710. The van der Waals surface area contributed by atoms with Crippen molar-refractivity contribution in [1.82, 2.24) is 4.98 Å². The van der Waals surface area contributed by atoms with Crippen LogP contribution in [0.3, 0.4) is 0 Å². The molecule has 0 aliphatic carbocycles. The molecule has 4 nitrogen and oxygen atoms in total. The average molecular weight is 332 g/mol. The number of halogens is 2. The van der Waals surface area contributed by atoms with Crippen LogP contribution in [0.15, 0.2) is 6.07 Å². The molecule has 1 aromatic heterocycles. The fraction of sp³-hybridized carbons (Fsp3) is 0.667. The summed E-state index contributed by atoms with van der Waals surface area (Å²) >= 11 is 12.5. The van der Waals surface area contributed by atoms with Gasteiger partial charge in [0.15, 0.2) is 0 Å². The third-order valence-corrected chi connectivity index (χ3v) is 4.16. The van der Waals surface area contributed by atoms with E-state index in [0.717, 1.165) is 51.3 Å². The number of ether oxygens (including phenoxy) is 1. The number of hydrogen-bond acceptors (Lipinski definition) is 4. The largest absolute Gasteiger partial charge is 0.378 e. The first kappa shape index (κ1) is 16.7. The van der Waals surface area contributed by atoms with Crippen LogP contribution in [0.2, 0.25) is 10.0 Å². The van der Waals surface area contributed by atoms with Crippen LogP contribution in [-0.2, 0) is 4.74 Å². The van der Waals surface area contributed by atoms with E-state index >= 15 is 0 Å². The van der Waals surface area contributed by atoms with E-state index in [0.29, 0.717) is 22.0 Å². The van der Waals surface area contributed by atoms with Crippen LogP contribution in [0.25, 0.3) is 0 Å². The zero-order chi connectivity index (χ0) is 15.2. The van der Waals surface area contributed by atoms with Gasteiger partial charge in [-0.1, -0.05) is 30.1 Å². The van der Waals surface area contributed by atoms with Gasteiger partial charge < -0.3 is 15.0 Å². The number of pyridine rings is 1. The molecule has 6 heteroatoms. The first-order valence-electron chi connectivity index (χ1n) is 7.62. The normalized spacial score (nSPS) is 16.3. The van der Waals surface area contributed by atoms with Crippen molar-refractivity contribution in [1.29, 1.82) is 0 Å². The van der Waals surface area contributed by atoms with Crippen LogP contribution in [0, 0.1) is 0 Å². The van der Waals surface area contributed by atoms with Gasteiger partial charge in [-0.15, -0.1) is 0 Å². The molecule has 0 unspecified atom stereocenters. The topological polar surface area (TPSA) is 37.4 Å². The summed E-state index contributed by atoms with van der Waals surface area (Å²) in [6.07, 6.45) is 3.39. The monoisotopic (exact) mass is 331 g/mol. The van der Waals surface area contributed by atoms with Crippen molar-refractivity contribution in [3.8, 4) is 0 Å². The van der Waals surface area contributed by atoms with E-state index in [-0.39, 0.29) is 0 Å². The van der Waals surface area contributed by atoms with Gasteiger partial charge in [0.25, 0.3) is 0 Å². The van der Waals surface area contributed by atoms with Gasteiger partial charge in [-0.25, -0.2) is 4.98 Å². The molecule has 0 atom stereocenters. The second-order valence-corrected chi connectivity index (χ2v) is 6.01. The number of nitrogens with zero attached hydrogens (tertiary/aromatic N) is 2. The molecule has 1 aliphatic heterocycles. The molecule has 2 heterocycles. The van der Waals surface area contributed by atoms with Crippen LogP contribution in [-0.4, -0.2) is 37.3 Å². The molecule has 0 aromatic carbocycles. The summed E-state index contributed by atoms with van der Waals surface area (Å²) in [4.78, 5) is 6.83. The highest BCUT2D eigenvalue weighted by atomic mass is 35.5. The molecule has 1 fully saturated rings. The quantitative estimate of drug-likeness (QED) is 0.846. The van der Waals surface area contributed by atoms with Gasteiger partial charge >= 0.3 is 0 Å². The molecule has 1 aliphatic rings. The first-order chi connectivity index (χ1) is 10.2. The number of nitrogens with one attached hydrogen (secondary N) is 1. The Morgan fingerprint density at radius 2 is 2.00 bits per heavy atom. The summed E-state index contributed by atoms with van der Waals surface area (Å²) in [7, 11) is 0. The number of rotatable bonds is 6. The molecule has 0 bridgehead atoms. The summed E-state index contributed by atoms with van der Waals surface area (Å²) in [5, 5.41) is 4.42. The van der Waals surface area contributed by atoms with Gasteiger partial charge in [0, 0.05) is 26.2 Å². The standard InChI is InChI=1S/C15H23Cl2N3O/c1-3-7-18-14-12(16)10-13(17)15(19-14)20-8-5-11(6-9-20)21-4-2/h10-11H,3-9H2,1-2H3,(H,18,19). The summed E-state index contributed by atoms with van der Waals surface area (Å²) in [5.41, 5.74) is 0. The highest BCUT2D eigenvalue weighted by molar-refractivity contribution is 6.37. The van der Waals surface area contributed by atoms with Gasteiger partial charge in [-0.05, 0) is 32.3 Å². The first-order valence-corrected chi connectivity index (χ1v) is 8.37. The lowest BCUT2D eigenvalue weighted by Crippen LogP contribution is -2.37. The van der Waals surface area contributed by atoms with Gasteiger partial charge in [0.1, 0.15) is 11.6 Å². The molecule has 0 radical (unpaired) electrons. The van der Waals surface area contributed by atoms with Crippen LogP contribution in [0.5, 0.6) is 0 Å². The maximum absolute atomic E-state index is 6.32. The van der Waals surface area contributed by atoms with E-state index in [9.17, 15) is 0 Å². The second-order valence-electron chi connectivity index (χ2n) is 5.19. The van der Waals surface area contributed by atoms with E-state index in [1.54, 1.807) is 6.07 Å². The van der Waals surface area contributed by atoms with Crippen LogP contribution >= 0.6 is 23.2 Å². The fourth-order valence-corrected chi connectivity index (χ4v) is 3.06. The number of anilines is 2. The molecule has 118 valence electrons. The van der Waals surface area contributed by atoms with E-state index in [2.05, 4.69) is 22.1 Å². The molecule has 21 heavy (non-hydrogen) atoms. The Balaban J connectivity index is 2.09. The maximum atomic E-state index is 6.32. The molecule has 1 aromatic rings. The molecular weight excluding hydrogens is 309 g/mol. The zero-order valence-corrected chi connectivity index (χ0v) is 14.2. The van der Waals surface area contributed by atoms with Crippen LogP contribution < -0.4 is 10.2 Å². The van der Waals surface area contributed by atoms with Crippen LogP contribution in [0.4, 0.5) is 11.6 Å². The third kappa shape index (κ3) is 4.38. The predicted octanol–water partition coefficient (Wildman–Crippen LogP) is 4.22. The van der Waals surface area contributed by atoms with Gasteiger partial charge in [-0.3, -0.25) is 0 Å². The van der Waals surface area contributed by atoms with Crippen LogP contribution in [0.1, 0.15) is 33.1 Å². The molecule has 1 saturated heterocycles. The van der Waals surface area contributed by atoms with Crippen molar-refractivity contribution in [2.75, 3.05) is 36.5 Å².